The summed E-state index contributed by atoms with van der Waals surface area (Å²) in [5.41, 5.74) is 4.65. The van der Waals surface area contributed by atoms with Crippen molar-refractivity contribution in [3.05, 3.63) is 167 Å². The van der Waals surface area contributed by atoms with Crippen LogP contribution in [-0.2, 0) is 9.59 Å². The van der Waals surface area contributed by atoms with Gasteiger partial charge in [0.05, 0.1) is 0 Å². The van der Waals surface area contributed by atoms with Gasteiger partial charge in [0.2, 0.25) is 5.91 Å². The molecule has 0 aromatic heterocycles. The number of thioether (sulfide) groups is 1. The van der Waals surface area contributed by atoms with Gasteiger partial charge in [-0.3, -0.25) is 14.4 Å². The van der Waals surface area contributed by atoms with Crippen molar-refractivity contribution in [2.75, 3.05) is 10.6 Å². The third-order valence-corrected chi connectivity index (χ3v) is 8.48. The van der Waals surface area contributed by atoms with Crippen molar-refractivity contribution in [3.63, 3.8) is 0 Å². The summed E-state index contributed by atoms with van der Waals surface area (Å²) in [7, 11) is 0. The van der Waals surface area contributed by atoms with Crippen molar-refractivity contribution in [1.29, 1.82) is 0 Å². The Hall–Kier alpha value is -5.47. The molecule has 8 heteroatoms. The summed E-state index contributed by atoms with van der Waals surface area (Å²) in [5, 5.41) is 7.91. The van der Waals surface area contributed by atoms with Crippen LogP contribution in [0.25, 0.3) is 6.08 Å². The van der Waals surface area contributed by atoms with E-state index in [1.165, 1.54) is 30.0 Å². The van der Waals surface area contributed by atoms with Gasteiger partial charge in [-0.05, 0) is 91.2 Å². The number of amides is 3. The van der Waals surface area contributed by atoms with Crippen LogP contribution in [0.1, 0.15) is 37.9 Å². The van der Waals surface area contributed by atoms with Gasteiger partial charge in [0.1, 0.15) is 16.8 Å². The molecule has 5 rings (SSSR count). The standard InChI is InChI=1S/C38H32FN3O3S/c1-25-17-18-31(23-26(25)2)41-38(45)35(27-11-5-3-6-12-27)46-32-21-19-30(20-22-32)40-37(44)34(24-29-15-9-10-16-33(29)39)42-36(43)28-13-7-4-8-14-28/h3-24,35H,1-2H3,(H,40,44)(H,41,45)(H,42,43)/b34-24-. The van der Waals surface area contributed by atoms with E-state index in [1.54, 1.807) is 54.6 Å². The maximum atomic E-state index is 14.5. The van der Waals surface area contributed by atoms with Gasteiger partial charge >= 0.3 is 0 Å². The molecule has 46 heavy (non-hydrogen) atoms. The lowest BCUT2D eigenvalue weighted by molar-refractivity contribution is -0.116. The molecule has 1 unspecified atom stereocenters. The number of hydrogen-bond donors (Lipinski definition) is 3. The zero-order valence-corrected chi connectivity index (χ0v) is 26.1. The Morgan fingerprint density at radius 2 is 1.33 bits per heavy atom. The van der Waals surface area contributed by atoms with E-state index in [9.17, 15) is 18.8 Å². The van der Waals surface area contributed by atoms with E-state index in [-0.39, 0.29) is 17.2 Å². The molecule has 0 bridgehead atoms. The molecule has 3 N–H and O–H groups in total. The predicted octanol–water partition coefficient (Wildman–Crippen LogP) is 8.32. The minimum atomic E-state index is -0.622. The minimum Gasteiger partial charge on any atom is -0.325 e. The van der Waals surface area contributed by atoms with Crippen molar-refractivity contribution >= 4 is 46.9 Å². The highest BCUT2D eigenvalue weighted by atomic mass is 32.2. The van der Waals surface area contributed by atoms with Crippen LogP contribution in [0.5, 0.6) is 0 Å². The lowest BCUT2D eigenvalue weighted by Crippen LogP contribution is -2.30. The molecular formula is C38H32FN3O3S. The second-order valence-corrected chi connectivity index (χ2v) is 11.8. The first-order valence-corrected chi connectivity index (χ1v) is 15.5. The lowest BCUT2D eigenvalue weighted by Gasteiger charge is -2.18. The van der Waals surface area contributed by atoms with E-state index in [0.29, 0.717) is 11.3 Å². The van der Waals surface area contributed by atoms with Crippen LogP contribution in [0.2, 0.25) is 0 Å². The quantitative estimate of drug-likeness (QED) is 0.107. The number of rotatable bonds is 10. The van der Waals surface area contributed by atoms with Gasteiger partial charge in [-0.15, -0.1) is 11.8 Å². The summed E-state index contributed by atoms with van der Waals surface area (Å²) in [4.78, 5) is 40.6. The number of nitrogens with one attached hydrogen (secondary N) is 3. The fourth-order valence-corrected chi connectivity index (χ4v) is 5.59. The van der Waals surface area contributed by atoms with Gasteiger partial charge in [0, 0.05) is 27.4 Å². The first-order chi connectivity index (χ1) is 22.3. The zero-order valence-electron chi connectivity index (χ0n) is 25.3. The van der Waals surface area contributed by atoms with Gasteiger partial charge in [-0.2, -0.15) is 0 Å². The van der Waals surface area contributed by atoms with Crippen LogP contribution in [0, 0.1) is 19.7 Å². The second kappa shape index (κ2) is 15.0. The van der Waals surface area contributed by atoms with Gasteiger partial charge in [0.25, 0.3) is 11.8 Å². The molecule has 0 heterocycles. The SMILES string of the molecule is Cc1ccc(NC(=O)C(Sc2ccc(NC(=O)/C(=C/c3ccccc3F)NC(=O)c3ccccc3)cc2)c2ccccc2)cc1C. The highest BCUT2D eigenvalue weighted by Gasteiger charge is 2.23. The van der Waals surface area contributed by atoms with Crippen molar-refractivity contribution < 1.29 is 18.8 Å². The lowest BCUT2D eigenvalue weighted by atomic mass is 10.1. The van der Waals surface area contributed by atoms with Crippen molar-refractivity contribution in [2.45, 2.75) is 24.0 Å². The Morgan fingerprint density at radius 1 is 0.696 bits per heavy atom. The smallest absolute Gasteiger partial charge is 0.272 e. The molecular weight excluding hydrogens is 598 g/mol. The predicted molar refractivity (Wildman–Crippen MR) is 183 cm³/mol. The molecule has 3 amide bonds. The molecule has 5 aromatic carbocycles. The van der Waals surface area contributed by atoms with Crippen molar-refractivity contribution in [1.82, 2.24) is 5.32 Å². The van der Waals surface area contributed by atoms with Crippen LogP contribution in [0.4, 0.5) is 15.8 Å². The van der Waals surface area contributed by atoms with Crippen LogP contribution in [0.3, 0.4) is 0 Å². The summed E-state index contributed by atoms with van der Waals surface area (Å²) < 4.78 is 14.5. The largest absolute Gasteiger partial charge is 0.325 e. The summed E-state index contributed by atoms with van der Waals surface area (Å²) in [5.74, 6) is -1.81. The fourth-order valence-electron chi connectivity index (χ4n) is 4.57. The molecule has 0 saturated carbocycles. The summed E-state index contributed by atoms with van der Waals surface area (Å²) >= 11 is 1.39. The van der Waals surface area contributed by atoms with Gasteiger partial charge in [0.15, 0.2) is 0 Å². The Bertz CT molecular complexity index is 1880. The molecule has 0 radical (unpaired) electrons. The average Bonchev–Trinajstić information content (AvgIpc) is 3.07. The average molecular weight is 630 g/mol. The van der Waals surface area contributed by atoms with Crippen LogP contribution in [0.15, 0.2) is 138 Å². The molecule has 1 atom stereocenters. The third-order valence-electron chi connectivity index (χ3n) is 7.21. The van der Waals surface area contributed by atoms with Crippen LogP contribution in [-0.4, -0.2) is 17.7 Å². The molecule has 5 aromatic rings. The van der Waals surface area contributed by atoms with Crippen molar-refractivity contribution in [2.24, 2.45) is 0 Å². The number of carbonyl (C=O) groups is 3. The number of anilines is 2. The number of carbonyl (C=O) groups excluding carboxylic acids is 3. The van der Waals surface area contributed by atoms with E-state index in [4.69, 9.17) is 0 Å². The van der Waals surface area contributed by atoms with E-state index in [2.05, 4.69) is 16.0 Å². The van der Waals surface area contributed by atoms with E-state index in [0.717, 1.165) is 27.3 Å². The summed E-state index contributed by atoms with van der Waals surface area (Å²) in [6.45, 7) is 4.03. The molecule has 0 spiro atoms. The molecule has 0 fully saturated rings. The second-order valence-electron chi connectivity index (χ2n) is 10.6. The van der Waals surface area contributed by atoms with E-state index in [1.807, 2.05) is 74.5 Å². The first-order valence-electron chi connectivity index (χ1n) is 14.6. The highest BCUT2D eigenvalue weighted by Crippen LogP contribution is 2.37. The Kier molecular flexibility index (Phi) is 10.4. The Balaban J connectivity index is 1.33. The highest BCUT2D eigenvalue weighted by molar-refractivity contribution is 8.00. The summed E-state index contributed by atoms with van der Waals surface area (Å²) in [6, 6.07) is 36.8. The monoisotopic (exact) mass is 629 g/mol. The number of halogens is 1. The maximum Gasteiger partial charge on any atom is 0.272 e. The maximum absolute atomic E-state index is 14.5. The molecule has 0 saturated heterocycles. The number of benzene rings is 5. The minimum absolute atomic E-state index is 0.121. The fraction of sp³-hybridized carbons (Fsp3) is 0.0789. The first kappa shape index (κ1) is 31.9. The van der Waals surface area contributed by atoms with Gasteiger partial charge in [-0.1, -0.05) is 72.8 Å². The van der Waals surface area contributed by atoms with E-state index >= 15 is 0 Å². The van der Waals surface area contributed by atoms with E-state index < -0.39 is 22.9 Å². The molecule has 230 valence electrons. The Morgan fingerprint density at radius 3 is 2.00 bits per heavy atom. The molecule has 6 nitrogen and oxygen atoms in total. The topological polar surface area (TPSA) is 87.3 Å². The van der Waals surface area contributed by atoms with Crippen molar-refractivity contribution in [3.8, 4) is 0 Å². The Labute approximate surface area is 271 Å². The number of aryl methyl sites for hydroxylation is 2. The molecule has 0 aliphatic heterocycles. The van der Waals surface area contributed by atoms with Gasteiger partial charge in [-0.25, -0.2) is 4.39 Å². The van der Waals surface area contributed by atoms with Crippen LogP contribution >= 0.6 is 11.8 Å². The molecule has 0 aliphatic rings. The molecule has 0 aliphatic carbocycles. The zero-order chi connectivity index (χ0) is 32.5. The van der Waals surface area contributed by atoms with Gasteiger partial charge < -0.3 is 16.0 Å². The normalized spacial score (nSPS) is 11.8. The summed E-state index contributed by atoms with van der Waals surface area (Å²) in [6.07, 6.45) is 1.30. The third kappa shape index (κ3) is 8.37. The number of hydrogen-bond acceptors (Lipinski definition) is 4. The van der Waals surface area contributed by atoms with Crippen LogP contribution < -0.4 is 16.0 Å².